The molecule has 1 N–H and O–H groups in total. The molecule has 31 heavy (non-hydrogen) atoms. The van der Waals surface area contributed by atoms with Crippen LogP contribution in [-0.2, 0) is 16.1 Å². The lowest BCUT2D eigenvalue weighted by molar-refractivity contribution is -0.143. The maximum Gasteiger partial charge on any atom is 0.261 e. The second-order valence-electron chi connectivity index (χ2n) is 7.16. The largest absolute Gasteiger partial charge is 0.497 e. The highest BCUT2D eigenvalue weighted by atomic mass is 35.5. The van der Waals surface area contributed by atoms with Crippen LogP contribution in [0.5, 0.6) is 11.5 Å². The minimum Gasteiger partial charge on any atom is -0.497 e. The number of para-hydroxylation sites is 1. The molecule has 0 heterocycles. The van der Waals surface area contributed by atoms with Gasteiger partial charge in [0.05, 0.1) is 12.1 Å². The summed E-state index contributed by atoms with van der Waals surface area (Å²) >= 11 is 6.13. The van der Waals surface area contributed by atoms with Gasteiger partial charge in [0.15, 0.2) is 6.61 Å². The molecule has 2 aromatic rings. The van der Waals surface area contributed by atoms with Gasteiger partial charge in [0, 0.05) is 13.1 Å². The summed E-state index contributed by atoms with van der Waals surface area (Å²) in [6.45, 7) is 4.59. The zero-order valence-corrected chi connectivity index (χ0v) is 19.2. The van der Waals surface area contributed by atoms with Crippen molar-refractivity contribution in [2.75, 3.05) is 20.3 Å². The number of amides is 2. The van der Waals surface area contributed by atoms with Crippen molar-refractivity contribution >= 4 is 23.4 Å². The number of benzene rings is 2. The molecule has 2 amide bonds. The smallest absolute Gasteiger partial charge is 0.261 e. The van der Waals surface area contributed by atoms with Crippen LogP contribution >= 0.6 is 11.6 Å². The van der Waals surface area contributed by atoms with Gasteiger partial charge < -0.3 is 19.7 Å². The number of unbranched alkanes of at least 4 members (excludes halogenated alkanes) is 1. The van der Waals surface area contributed by atoms with E-state index in [9.17, 15) is 9.59 Å². The zero-order valence-electron chi connectivity index (χ0n) is 18.4. The van der Waals surface area contributed by atoms with Gasteiger partial charge in [0.25, 0.3) is 5.91 Å². The van der Waals surface area contributed by atoms with Crippen LogP contribution in [0.3, 0.4) is 0 Å². The molecule has 0 saturated heterocycles. The first-order valence-corrected chi connectivity index (χ1v) is 10.9. The number of methoxy groups -OCH3 is 1. The number of hydrogen-bond donors (Lipinski definition) is 1. The lowest BCUT2D eigenvalue weighted by Gasteiger charge is -2.30. The predicted molar refractivity (Wildman–Crippen MR) is 122 cm³/mol. The predicted octanol–water partition coefficient (Wildman–Crippen LogP) is 4.45. The summed E-state index contributed by atoms with van der Waals surface area (Å²) in [5.41, 5.74) is 0.866. The van der Waals surface area contributed by atoms with Crippen molar-refractivity contribution in [1.29, 1.82) is 0 Å². The van der Waals surface area contributed by atoms with Crippen LogP contribution in [0.2, 0.25) is 5.02 Å². The molecule has 1 atom stereocenters. The van der Waals surface area contributed by atoms with E-state index in [-0.39, 0.29) is 25.0 Å². The van der Waals surface area contributed by atoms with Crippen LogP contribution in [-0.4, -0.2) is 43.0 Å². The van der Waals surface area contributed by atoms with Gasteiger partial charge in [-0.25, -0.2) is 0 Å². The van der Waals surface area contributed by atoms with Gasteiger partial charge in [-0.3, -0.25) is 9.59 Å². The summed E-state index contributed by atoms with van der Waals surface area (Å²) in [6, 6.07) is 13.8. The maximum absolute atomic E-state index is 13.2. The fourth-order valence-electron chi connectivity index (χ4n) is 3.18. The van der Waals surface area contributed by atoms with E-state index < -0.39 is 6.04 Å². The first kappa shape index (κ1) is 24.5. The highest BCUT2D eigenvalue weighted by Crippen LogP contribution is 2.23. The number of halogens is 1. The molecule has 0 radical (unpaired) electrons. The van der Waals surface area contributed by atoms with Gasteiger partial charge in [-0.15, -0.1) is 0 Å². The van der Waals surface area contributed by atoms with Gasteiger partial charge in [0.2, 0.25) is 5.91 Å². The number of carbonyl (C=O) groups excluding carboxylic acids is 2. The van der Waals surface area contributed by atoms with Crippen LogP contribution in [0, 0.1) is 0 Å². The van der Waals surface area contributed by atoms with Crippen molar-refractivity contribution in [2.24, 2.45) is 0 Å². The SMILES string of the molecule is CCCCNC(=O)[C@@H](CC)N(Cc1cccc(OC)c1)C(=O)COc1ccccc1Cl. The van der Waals surface area contributed by atoms with E-state index in [1.807, 2.05) is 31.2 Å². The second-order valence-corrected chi connectivity index (χ2v) is 7.57. The van der Waals surface area contributed by atoms with Crippen LogP contribution in [0.25, 0.3) is 0 Å². The van der Waals surface area contributed by atoms with E-state index in [1.165, 1.54) is 0 Å². The summed E-state index contributed by atoms with van der Waals surface area (Å²) in [7, 11) is 1.59. The lowest BCUT2D eigenvalue weighted by Crippen LogP contribution is -2.50. The topological polar surface area (TPSA) is 67.9 Å². The van der Waals surface area contributed by atoms with Gasteiger partial charge in [-0.1, -0.05) is 56.1 Å². The molecule has 2 rings (SSSR count). The van der Waals surface area contributed by atoms with Crippen molar-refractivity contribution in [3.63, 3.8) is 0 Å². The molecule has 7 heteroatoms. The molecular formula is C24H31ClN2O4. The van der Waals surface area contributed by atoms with Crippen molar-refractivity contribution in [2.45, 2.75) is 45.7 Å². The average molecular weight is 447 g/mol. The number of nitrogens with zero attached hydrogens (tertiary/aromatic N) is 1. The van der Waals surface area contributed by atoms with Crippen LogP contribution in [0.4, 0.5) is 0 Å². The molecule has 0 aliphatic carbocycles. The van der Waals surface area contributed by atoms with Gasteiger partial charge in [-0.2, -0.15) is 0 Å². The summed E-state index contributed by atoms with van der Waals surface area (Å²) in [5, 5.41) is 3.37. The summed E-state index contributed by atoms with van der Waals surface area (Å²) < 4.78 is 10.9. The summed E-state index contributed by atoms with van der Waals surface area (Å²) in [6.07, 6.45) is 2.36. The first-order valence-electron chi connectivity index (χ1n) is 10.6. The Balaban J connectivity index is 2.21. The van der Waals surface area contributed by atoms with E-state index >= 15 is 0 Å². The standard InChI is InChI=1S/C24H31ClN2O4/c1-4-6-14-26-24(29)21(5-2)27(16-18-10-9-11-19(15-18)30-3)23(28)17-31-22-13-8-7-12-20(22)25/h7-13,15,21H,4-6,14,16-17H2,1-3H3,(H,26,29)/t21-/m1/s1. The molecule has 0 fully saturated rings. The Morgan fingerprint density at radius 2 is 1.90 bits per heavy atom. The molecule has 0 bridgehead atoms. The fourth-order valence-corrected chi connectivity index (χ4v) is 3.37. The number of carbonyl (C=O) groups is 2. The Bertz CT molecular complexity index is 859. The molecule has 0 aromatic heterocycles. The molecule has 0 aliphatic heterocycles. The third kappa shape index (κ3) is 7.47. The Morgan fingerprint density at radius 3 is 2.58 bits per heavy atom. The fraction of sp³-hybridized carbons (Fsp3) is 0.417. The minimum atomic E-state index is -0.606. The van der Waals surface area contributed by atoms with Crippen molar-refractivity contribution < 1.29 is 19.1 Å². The van der Waals surface area contributed by atoms with E-state index in [0.29, 0.717) is 29.5 Å². The van der Waals surface area contributed by atoms with E-state index in [2.05, 4.69) is 12.2 Å². The molecule has 0 spiro atoms. The van der Waals surface area contributed by atoms with Gasteiger partial charge in [-0.05, 0) is 42.7 Å². The average Bonchev–Trinajstić information content (AvgIpc) is 2.78. The van der Waals surface area contributed by atoms with Crippen LogP contribution in [0.15, 0.2) is 48.5 Å². The van der Waals surface area contributed by atoms with E-state index in [4.69, 9.17) is 21.1 Å². The van der Waals surface area contributed by atoms with Crippen LogP contribution < -0.4 is 14.8 Å². The number of ether oxygens (including phenoxy) is 2. The van der Waals surface area contributed by atoms with E-state index in [1.54, 1.807) is 36.3 Å². The van der Waals surface area contributed by atoms with Gasteiger partial charge in [0.1, 0.15) is 17.5 Å². The third-order valence-electron chi connectivity index (χ3n) is 4.89. The molecule has 2 aromatic carbocycles. The Labute approximate surface area is 189 Å². The Kier molecular flexibility index (Phi) is 10.2. The molecule has 0 unspecified atom stereocenters. The normalized spacial score (nSPS) is 11.5. The Morgan fingerprint density at radius 1 is 1.13 bits per heavy atom. The van der Waals surface area contributed by atoms with Crippen molar-refractivity contribution in [3.05, 3.63) is 59.1 Å². The lowest BCUT2D eigenvalue weighted by atomic mass is 10.1. The van der Waals surface area contributed by atoms with Crippen molar-refractivity contribution in [3.8, 4) is 11.5 Å². The number of hydrogen-bond acceptors (Lipinski definition) is 4. The number of rotatable bonds is 12. The highest BCUT2D eigenvalue weighted by molar-refractivity contribution is 6.32. The van der Waals surface area contributed by atoms with Gasteiger partial charge >= 0.3 is 0 Å². The minimum absolute atomic E-state index is 0.162. The first-order chi connectivity index (χ1) is 15.0. The molecule has 0 aliphatic rings. The number of nitrogens with one attached hydrogen (secondary N) is 1. The molecule has 6 nitrogen and oxygen atoms in total. The zero-order chi connectivity index (χ0) is 22.6. The van der Waals surface area contributed by atoms with E-state index in [0.717, 1.165) is 18.4 Å². The summed E-state index contributed by atoms with van der Waals surface area (Å²) in [4.78, 5) is 27.6. The molecule has 168 valence electrons. The quantitative estimate of drug-likeness (QED) is 0.489. The second kappa shape index (κ2) is 12.8. The maximum atomic E-state index is 13.2. The summed E-state index contributed by atoms with van der Waals surface area (Å²) in [5.74, 6) is 0.669. The Hall–Kier alpha value is -2.73. The highest BCUT2D eigenvalue weighted by Gasteiger charge is 2.29. The molecular weight excluding hydrogens is 416 g/mol. The third-order valence-corrected chi connectivity index (χ3v) is 5.20. The monoisotopic (exact) mass is 446 g/mol. The van der Waals surface area contributed by atoms with Crippen LogP contribution in [0.1, 0.15) is 38.7 Å². The molecule has 0 saturated carbocycles. The van der Waals surface area contributed by atoms with Crippen molar-refractivity contribution in [1.82, 2.24) is 10.2 Å².